The largest absolute Gasteiger partial charge is 0.323 e. The molecule has 148 valence electrons. The summed E-state index contributed by atoms with van der Waals surface area (Å²) < 4.78 is 41.6. The van der Waals surface area contributed by atoms with Gasteiger partial charge in [0.2, 0.25) is 10.0 Å². The van der Waals surface area contributed by atoms with Crippen LogP contribution in [0.15, 0.2) is 52.2 Å². The second-order valence-electron chi connectivity index (χ2n) is 6.95. The van der Waals surface area contributed by atoms with E-state index < -0.39 is 10.0 Å². The number of aromatic amines is 2. The van der Waals surface area contributed by atoms with Gasteiger partial charge in [-0.2, -0.15) is 0 Å². The Labute approximate surface area is 161 Å². The fourth-order valence-electron chi connectivity index (χ4n) is 3.65. The van der Waals surface area contributed by atoms with Crippen molar-refractivity contribution in [1.29, 1.82) is 0 Å². The number of nitrogens with one attached hydrogen (secondary N) is 3. The van der Waals surface area contributed by atoms with Crippen LogP contribution in [0.1, 0.15) is 24.4 Å². The molecule has 4 rings (SSSR count). The average molecular weight is 404 g/mol. The van der Waals surface area contributed by atoms with Crippen molar-refractivity contribution in [1.82, 2.24) is 19.6 Å². The van der Waals surface area contributed by atoms with Crippen molar-refractivity contribution in [3.05, 3.63) is 64.3 Å². The van der Waals surface area contributed by atoms with Crippen LogP contribution in [0.4, 0.5) is 4.39 Å². The Morgan fingerprint density at radius 3 is 2.43 bits per heavy atom. The fraction of sp³-hybridized carbons (Fsp3) is 0.316. The van der Waals surface area contributed by atoms with Crippen molar-refractivity contribution in [3.63, 3.8) is 0 Å². The quantitative estimate of drug-likeness (QED) is 0.586. The zero-order valence-electron chi connectivity index (χ0n) is 15.1. The molecule has 0 amide bonds. The molecule has 0 radical (unpaired) electrons. The molecule has 3 N–H and O–H groups in total. The van der Waals surface area contributed by atoms with Crippen LogP contribution in [0, 0.1) is 5.82 Å². The van der Waals surface area contributed by atoms with Crippen molar-refractivity contribution in [2.45, 2.75) is 23.8 Å². The summed E-state index contributed by atoms with van der Waals surface area (Å²) in [5, 5.41) is 0. The van der Waals surface area contributed by atoms with Crippen LogP contribution in [0.2, 0.25) is 0 Å². The molecule has 2 heterocycles. The van der Waals surface area contributed by atoms with Gasteiger partial charge in [0.25, 0.3) is 0 Å². The number of hydrogen-bond acceptors (Lipinski definition) is 4. The Morgan fingerprint density at radius 2 is 1.71 bits per heavy atom. The van der Waals surface area contributed by atoms with Gasteiger partial charge in [-0.25, -0.2) is 22.3 Å². The highest BCUT2D eigenvalue weighted by Crippen LogP contribution is 2.25. The summed E-state index contributed by atoms with van der Waals surface area (Å²) in [5.74, 6) is -0.321. The minimum Gasteiger partial charge on any atom is -0.306 e. The van der Waals surface area contributed by atoms with Crippen molar-refractivity contribution in [2.75, 3.05) is 19.6 Å². The topological polar surface area (TPSA) is 98.1 Å². The molecule has 1 fully saturated rings. The second-order valence-corrected chi connectivity index (χ2v) is 8.72. The summed E-state index contributed by atoms with van der Waals surface area (Å²) in [6.45, 7) is 1.93. The van der Waals surface area contributed by atoms with E-state index >= 15 is 0 Å². The molecule has 0 saturated carbocycles. The predicted octanol–water partition coefficient (Wildman–Crippen LogP) is 2.11. The Balaban J connectivity index is 1.57. The lowest BCUT2D eigenvalue weighted by molar-refractivity contribution is 0.246. The van der Waals surface area contributed by atoms with Gasteiger partial charge >= 0.3 is 5.69 Å². The first-order valence-corrected chi connectivity index (χ1v) is 10.6. The van der Waals surface area contributed by atoms with Crippen molar-refractivity contribution >= 4 is 21.1 Å². The average Bonchev–Trinajstić information content (AvgIpc) is 3.31. The Bertz CT molecular complexity index is 1130. The lowest BCUT2D eigenvalue weighted by Gasteiger charge is -2.28. The third-order valence-electron chi connectivity index (χ3n) is 5.10. The molecule has 0 spiro atoms. The highest BCUT2D eigenvalue weighted by molar-refractivity contribution is 7.89. The minimum absolute atomic E-state index is 0.0783. The van der Waals surface area contributed by atoms with Gasteiger partial charge in [-0.05, 0) is 61.8 Å². The molecule has 1 saturated heterocycles. The van der Waals surface area contributed by atoms with Gasteiger partial charge in [0.15, 0.2) is 0 Å². The van der Waals surface area contributed by atoms with Gasteiger partial charge < -0.3 is 9.97 Å². The van der Waals surface area contributed by atoms with E-state index in [0.717, 1.165) is 31.5 Å². The van der Waals surface area contributed by atoms with E-state index in [2.05, 4.69) is 19.6 Å². The molecular formula is C19H21FN4O3S. The van der Waals surface area contributed by atoms with Crippen LogP contribution in [-0.4, -0.2) is 42.9 Å². The smallest absolute Gasteiger partial charge is 0.306 e. The monoisotopic (exact) mass is 404 g/mol. The molecule has 9 heteroatoms. The maximum absolute atomic E-state index is 13.3. The number of hydrogen-bond donors (Lipinski definition) is 3. The molecule has 0 bridgehead atoms. The first-order valence-electron chi connectivity index (χ1n) is 9.14. The lowest BCUT2D eigenvalue weighted by atomic mass is 10.1. The van der Waals surface area contributed by atoms with E-state index in [4.69, 9.17) is 0 Å². The van der Waals surface area contributed by atoms with Crippen LogP contribution in [-0.2, 0) is 10.0 Å². The molecule has 2 aromatic carbocycles. The molecule has 7 nitrogen and oxygen atoms in total. The summed E-state index contributed by atoms with van der Waals surface area (Å²) in [6.07, 6.45) is 2.12. The molecule has 1 aromatic heterocycles. The number of benzene rings is 2. The van der Waals surface area contributed by atoms with Crippen LogP contribution < -0.4 is 10.4 Å². The second kappa shape index (κ2) is 7.50. The van der Waals surface area contributed by atoms with Gasteiger partial charge in [-0.3, -0.25) is 4.90 Å². The summed E-state index contributed by atoms with van der Waals surface area (Å²) in [7, 11) is -3.77. The molecule has 1 aliphatic rings. The van der Waals surface area contributed by atoms with E-state index in [1.165, 1.54) is 24.3 Å². The van der Waals surface area contributed by atoms with E-state index in [-0.39, 0.29) is 29.0 Å². The van der Waals surface area contributed by atoms with Gasteiger partial charge in [0.1, 0.15) is 5.82 Å². The first kappa shape index (κ1) is 18.9. The molecule has 3 aromatic rings. The van der Waals surface area contributed by atoms with Crippen LogP contribution in [0.25, 0.3) is 11.0 Å². The Morgan fingerprint density at radius 1 is 1.04 bits per heavy atom. The highest BCUT2D eigenvalue weighted by Gasteiger charge is 2.26. The SMILES string of the molecule is O=c1[nH]c2ccc(S(=O)(=O)NCC(c3ccc(F)cc3)N3CCCC3)cc2[nH]1. The number of nitrogens with zero attached hydrogens (tertiary/aromatic N) is 1. The molecule has 28 heavy (non-hydrogen) atoms. The predicted molar refractivity (Wildman–Crippen MR) is 104 cm³/mol. The molecule has 0 aliphatic carbocycles. The first-order chi connectivity index (χ1) is 13.4. The van der Waals surface area contributed by atoms with Gasteiger partial charge in [0.05, 0.1) is 15.9 Å². The van der Waals surface area contributed by atoms with Gasteiger partial charge in [0, 0.05) is 12.6 Å². The van der Waals surface area contributed by atoms with E-state index in [0.29, 0.717) is 11.0 Å². The molecule has 1 unspecified atom stereocenters. The number of aromatic nitrogens is 2. The lowest BCUT2D eigenvalue weighted by Crippen LogP contribution is -2.36. The maximum Gasteiger partial charge on any atom is 0.323 e. The van der Waals surface area contributed by atoms with E-state index in [1.807, 2.05) is 0 Å². The molecule has 1 aliphatic heterocycles. The zero-order valence-corrected chi connectivity index (χ0v) is 15.9. The molecular weight excluding hydrogens is 383 g/mol. The maximum atomic E-state index is 13.3. The summed E-state index contributed by atoms with van der Waals surface area (Å²) in [5.41, 5.74) is 1.46. The van der Waals surface area contributed by atoms with Crippen LogP contribution in [0.5, 0.6) is 0 Å². The molecule has 1 atom stereocenters. The zero-order chi connectivity index (χ0) is 19.7. The third-order valence-corrected chi connectivity index (χ3v) is 6.52. The Kier molecular flexibility index (Phi) is 5.05. The standard InChI is InChI=1S/C19H21FN4O3S/c20-14-5-3-13(4-6-14)18(24-9-1-2-10-24)12-21-28(26,27)15-7-8-16-17(11-15)23-19(25)22-16/h3-8,11,18,21H,1-2,9-10,12H2,(H2,22,23,25). The third kappa shape index (κ3) is 3.87. The summed E-state index contributed by atoms with van der Waals surface area (Å²) >= 11 is 0. The number of fused-ring (bicyclic) bond motifs is 1. The van der Waals surface area contributed by atoms with Gasteiger partial charge in [-0.1, -0.05) is 12.1 Å². The fourth-order valence-corrected chi connectivity index (χ4v) is 4.71. The Hall–Kier alpha value is -2.49. The highest BCUT2D eigenvalue weighted by atomic mass is 32.2. The number of imidazole rings is 1. The van der Waals surface area contributed by atoms with Crippen LogP contribution in [0.3, 0.4) is 0 Å². The number of rotatable bonds is 6. The van der Waals surface area contributed by atoms with E-state index in [9.17, 15) is 17.6 Å². The van der Waals surface area contributed by atoms with Crippen molar-refractivity contribution in [2.24, 2.45) is 0 Å². The van der Waals surface area contributed by atoms with E-state index in [1.54, 1.807) is 18.2 Å². The summed E-state index contributed by atoms with van der Waals surface area (Å²) in [4.78, 5) is 18.8. The van der Waals surface area contributed by atoms with Crippen molar-refractivity contribution < 1.29 is 12.8 Å². The minimum atomic E-state index is -3.77. The van der Waals surface area contributed by atoms with Crippen LogP contribution >= 0.6 is 0 Å². The van der Waals surface area contributed by atoms with Crippen molar-refractivity contribution in [3.8, 4) is 0 Å². The normalized spacial score (nSPS) is 16.6. The van der Waals surface area contributed by atoms with Gasteiger partial charge in [-0.15, -0.1) is 0 Å². The number of halogens is 1. The summed E-state index contributed by atoms with van der Waals surface area (Å²) in [6, 6.07) is 10.4. The number of likely N-dealkylation sites (tertiary alicyclic amines) is 1. The number of sulfonamides is 1. The number of H-pyrrole nitrogens is 2.